The van der Waals surface area contributed by atoms with Gasteiger partial charge in [-0.15, -0.1) is 0 Å². The number of hydrogen-bond acceptors (Lipinski definition) is 2. The van der Waals surface area contributed by atoms with Gasteiger partial charge in [0.1, 0.15) is 0 Å². The van der Waals surface area contributed by atoms with Gasteiger partial charge in [0.25, 0.3) is 0 Å². The fraction of sp³-hybridized carbons (Fsp3) is 1.00. The summed E-state index contributed by atoms with van der Waals surface area (Å²) >= 11 is 0. The van der Waals surface area contributed by atoms with Crippen LogP contribution in [0.3, 0.4) is 0 Å². The molecule has 0 aromatic carbocycles. The maximum atomic E-state index is 5.75. The Hall–Kier alpha value is -0.0800. The summed E-state index contributed by atoms with van der Waals surface area (Å²) in [6, 6.07) is 0. The lowest BCUT2D eigenvalue weighted by atomic mass is 10.1. The first kappa shape index (κ1) is 10.0. The summed E-state index contributed by atoms with van der Waals surface area (Å²) in [7, 11) is 0. The molecule has 0 radical (unpaired) electrons. The van der Waals surface area contributed by atoms with Crippen LogP contribution >= 0.6 is 0 Å². The highest BCUT2D eigenvalue weighted by atomic mass is 16.7. The highest BCUT2D eigenvalue weighted by Gasteiger charge is 2.33. The van der Waals surface area contributed by atoms with Crippen molar-refractivity contribution < 1.29 is 9.47 Å². The highest BCUT2D eigenvalue weighted by Crippen LogP contribution is 2.27. The molecule has 0 bridgehead atoms. The standard InChI is InChI=1S/C10H20O2/c1-5-7(3)10-11-8(4)9(6-2)12-10/h7-10H,5-6H2,1-4H3/t7?,8-,9-,10-/m0/s1. The van der Waals surface area contributed by atoms with Crippen molar-refractivity contribution in [1.29, 1.82) is 0 Å². The molecule has 0 saturated carbocycles. The van der Waals surface area contributed by atoms with Gasteiger partial charge in [-0.3, -0.25) is 0 Å². The van der Waals surface area contributed by atoms with Crippen molar-refractivity contribution in [1.82, 2.24) is 0 Å². The Morgan fingerprint density at radius 1 is 1.25 bits per heavy atom. The van der Waals surface area contributed by atoms with Crippen molar-refractivity contribution in [2.45, 2.75) is 59.0 Å². The predicted octanol–water partition coefficient (Wildman–Crippen LogP) is 2.57. The third kappa shape index (κ3) is 1.99. The molecule has 1 heterocycles. The van der Waals surface area contributed by atoms with Crippen molar-refractivity contribution in [3.05, 3.63) is 0 Å². The lowest BCUT2D eigenvalue weighted by Gasteiger charge is -2.16. The molecule has 0 aromatic heterocycles. The number of hydrogen-bond donors (Lipinski definition) is 0. The lowest BCUT2D eigenvalue weighted by molar-refractivity contribution is -0.0990. The molecule has 0 aromatic rings. The van der Waals surface area contributed by atoms with Crippen LogP contribution in [0.25, 0.3) is 0 Å². The molecule has 1 saturated heterocycles. The van der Waals surface area contributed by atoms with Gasteiger partial charge in [0.05, 0.1) is 12.2 Å². The quantitative estimate of drug-likeness (QED) is 0.651. The molecule has 0 amide bonds. The molecular weight excluding hydrogens is 152 g/mol. The molecule has 2 heteroatoms. The average Bonchev–Trinajstić information content (AvgIpc) is 2.45. The zero-order valence-electron chi connectivity index (χ0n) is 8.54. The molecule has 12 heavy (non-hydrogen) atoms. The Morgan fingerprint density at radius 2 is 1.92 bits per heavy atom. The van der Waals surface area contributed by atoms with Crippen LogP contribution in [-0.4, -0.2) is 18.5 Å². The molecule has 4 atom stereocenters. The Kier molecular flexibility index (Phi) is 3.53. The maximum Gasteiger partial charge on any atom is 0.161 e. The van der Waals surface area contributed by atoms with Crippen LogP contribution in [0.5, 0.6) is 0 Å². The van der Waals surface area contributed by atoms with Crippen LogP contribution in [0.4, 0.5) is 0 Å². The second-order valence-corrected chi connectivity index (χ2v) is 3.68. The zero-order chi connectivity index (χ0) is 9.14. The van der Waals surface area contributed by atoms with Gasteiger partial charge in [0.15, 0.2) is 6.29 Å². The largest absolute Gasteiger partial charge is 0.347 e. The van der Waals surface area contributed by atoms with Crippen LogP contribution < -0.4 is 0 Å². The first-order valence-electron chi connectivity index (χ1n) is 4.99. The van der Waals surface area contributed by atoms with Gasteiger partial charge < -0.3 is 9.47 Å². The molecule has 1 fully saturated rings. The van der Waals surface area contributed by atoms with Crippen molar-refractivity contribution in [2.75, 3.05) is 0 Å². The Morgan fingerprint density at radius 3 is 2.33 bits per heavy atom. The molecule has 1 aliphatic rings. The van der Waals surface area contributed by atoms with E-state index in [4.69, 9.17) is 9.47 Å². The monoisotopic (exact) mass is 172 g/mol. The normalized spacial score (nSPS) is 38.5. The van der Waals surface area contributed by atoms with Crippen molar-refractivity contribution in [3.63, 3.8) is 0 Å². The van der Waals surface area contributed by atoms with Crippen LogP contribution in [0.15, 0.2) is 0 Å². The summed E-state index contributed by atoms with van der Waals surface area (Å²) in [5.74, 6) is 0.518. The summed E-state index contributed by atoms with van der Waals surface area (Å²) in [6.45, 7) is 8.58. The SMILES string of the molecule is CCC(C)[C@H]1O[C@@H](C)[C@H](CC)O1. The molecule has 0 aliphatic carbocycles. The Labute approximate surface area is 75.2 Å². The van der Waals surface area contributed by atoms with E-state index in [0.717, 1.165) is 12.8 Å². The van der Waals surface area contributed by atoms with E-state index < -0.39 is 0 Å². The van der Waals surface area contributed by atoms with Gasteiger partial charge in [-0.1, -0.05) is 20.8 Å². The second-order valence-electron chi connectivity index (χ2n) is 3.68. The van der Waals surface area contributed by atoms with Crippen LogP contribution in [-0.2, 0) is 9.47 Å². The fourth-order valence-corrected chi connectivity index (χ4v) is 1.50. The molecule has 0 N–H and O–H groups in total. The van der Waals surface area contributed by atoms with E-state index in [1.807, 2.05) is 0 Å². The van der Waals surface area contributed by atoms with Gasteiger partial charge in [0.2, 0.25) is 0 Å². The Balaban J connectivity index is 2.42. The smallest absolute Gasteiger partial charge is 0.161 e. The van der Waals surface area contributed by atoms with Gasteiger partial charge in [-0.05, 0) is 19.8 Å². The zero-order valence-corrected chi connectivity index (χ0v) is 8.54. The minimum absolute atomic E-state index is 0.0370. The summed E-state index contributed by atoms with van der Waals surface area (Å²) in [5.41, 5.74) is 0. The van der Waals surface area contributed by atoms with E-state index in [1.165, 1.54) is 0 Å². The average molecular weight is 172 g/mol. The van der Waals surface area contributed by atoms with Gasteiger partial charge in [-0.2, -0.15) is 0 Å². The molecule has 72 valence electrons. The summed E-state index contributed by atoms with van der Waals surface area (Å²) < 4.78 is 11.4. The second kappa shape index (κ2) is 4.24. The van der Waals surface area contributed by atoms with Crippen molar-refractivity contribution >= 4 is 0 Å². The summed E-state index contributed by atoms with van der Waals surface area (Å²) in [4.78, 5) is 0. The summed E-state index contributed by atoms with van der Waals surface area (Å²) in [6.07, 6.45) is 2.79. The van der Waals surface area contributed by atoms with E-state index in [1.54, 1.807) is 0 Å². The number of ether oxygens (including phenoxy) is 2. The van der Waals surface area contributed by atoms with E-state index in [2.05, 4.69) is 27.7 Å². The minimum Gasteiger partial charge on any atom is -0.347 e. The lowest BCUT2D eigenvalue weighted by Crippen LogP contribution is -2.19. The summed E-state index contributed by atoms with van der Waals surface area (Å²) in [5, 5.41) is 0. The Bertz CT molecular complexity index is 136. The van der Waals surface area contributed by atoms with E-state index in [-0.39, 0.29) is 12.4 Å². The van der Waals surface area contributed by atoms with Crippen LogP contribution in [0, 0.1) is 5.92 Å². The molecular formula is C10H20O2. The number of rotatable bonds is 3. The predicted molar refractivity (Wildman–Crippen MR) is 49.0 cm³/mol. The third-order valence-corrected chi connectivity index (χ3v) is 2.69. The molecule has 2 nitrogen and oxygen atoms in total. The van der Waals surface area contributed by atoms with Crippen LogP contribution in [0.2, 0.25) is 0 Å². The van der Waals surface area contributed by atoms with Gasteiger partial charge in [0, 0.05) is 5.92 Å². The van der Waals surface area contributed by atoms with Crippen LogP contribution in [0.1, 0.15) is 40.5 Å². The maximum absolute atomic E-state index is 5.75. The van der Waals surface area contributed by atoms with Crippen molar-refractivity contribution in [3.8, 4) is 0 Å². The third-order valence-electron chi connectivity index (χ3n) is 2.69. The van der Waals surface area contributed by atoms with E-state index in [0.29, 0.717) is 12.0 Å². The van der Waals surface area contributed by atoms with E-state index in [9.17, 15) is 0 Å². The molecule has 1 aliphatic heterocycles. The molecule has 0 spiro atoms. The minimum atomic E-state index is 0.0370. The topological polar surface area (TPSA) is 18.5 Å². The molecule has 1 unspecified atom stereocenters. The first-order valence-corrected chi connectivity index (χ1v) is 4.99. The first-order chi connectivity index (χ1) is 5.69. The highest BCUT2D eigenvalue weighted by molar-refractivity contribution is 4.74. The fourth-order valence-electron chi connectivity index (χ4n) is 1.50. The molecule has 1 rings (SSSR count). The van der Waals surface area contributed by atoms with Gasteiger partial charge >= 0.3 is 0 Å². The van der Waals surface area contributed by atoms with E-state index >= 15 is 0 Å². The van der Waals surface area contributed by atoms with Crippen molar-refractivity contribution in [2.24, 2.45) is 5.92 Å². The van der Waals surface area contributed by atoms with Gasteiger partial charge in [-0.25, -0.2) is 0 Å².